The number of hydrogen-bond acceptors (Lipinski definition) is 11. The van der Waals surface area contributed by atoms with Gasteiger partial charge in [-0.2, -0.15) is 0 Å². The maximum absolute atomic E-state index is 12.9. The highest BCUT2D eigenvalue weighted by Crippen LogP contribution is 2.40. The molecule has 2 aliphatic carbocycles. The largest absolute Gasteiger partial charge is 0.480 e. The number of hydroxylamine groups is 1. The summed E-state index contributed by atoms with van der Waals surface area (Å²) in [4.78, 5) is 79.6. The third kappa shape index (κ3) is 15.5. The molecule has 3 rings (SSSR count). The fourth-order valence-electron chi connectivity index (χ4n) is 5.71. The fraction of sp³-hybridized carbons (Fsp3) is 0.444. The maximum atomic E-state index is 12.9. The predicted octanol–water partition coefficient (Wildman–Crippen LogP) is 0.201. The minimum absolute atomic E-state index is 0.0364. The van der Waals surface area contributed by atoms with E-state index in [2.05, 4.69) is 42.0 Å². The number of nitrogens with zero attached hydrogens (tertiary/aromatic N) is 3. The third-order valence-corrected chi connectivity index (χ3v) is 8.62. The predicted molar refractivity (Wildman–Crippen MR) is 191 cm³/mol. The van der Waals surface area contributed by atoms with E-state index in [1.807, 2.05) is 12.2 Å². The van der Waals surface area contributed by atoms with Gasteiger partial charge in [-0.1, -0.05) is 67.6 Å². The van der Waals surface area contributed by atoms with Crippen molar-refractivity contribution in [3.05, 3.63) is 83.0 Å². The zero-order chi connectivity index (χ0) is 39.0. The molecule has 17 heteroatoms. The topological polar surface area (TPSA) is 252 Å². The molecular weight excluding hydrogens is 692 g/mol. The SMILES string of the molecule is CC12C=CC=CC1=CC(C[C@@H](N)C(=O)NOCc1ccc(CNC(=O)CN(CCN(CC(=O)O)CC(=O)O)CCN(CC(=O)O)CC(=O)O)cc1)=CC2. The Morgan fingerprint density at radius 1 is 0.792 bits per heavy atom. The van der Waals surface area contributed by atoms with Crippen molar-refractivity contribution in [2.75, 3.05) is 58.9 Å². The molecule has 8 N–H and O–H groups in total. The zero-order valence-corrected chi connectivity index (χ0v) is 29.6. The maximum Gasteiger partial charge on any atom is 0.317 e. The first-order valence-corrected chi connectivity index (χ1v) is 16.9. The van der Waals surface area contributed by atoms with E-state index in [0.29, 0.717) is 6.42 Å². The summed E-state index contributed by atoms with van der Waals surface area (Å²) in [5, 5.41) is 39.4. The Hall–Kier alpha value is -5.20. The van der Waals surface area contributed by atoms with Crippen LogP contribution in [0, 0.1) is 5.41 Å². The quantitative estimate of drug-likeness (QED) is 0.0700. The highest BCUT2D eigenvalue weighted by atomic mass is 16.6. The van der Waals surface area contributed by atoms with Crippen LogP contribution < -0.4 is 16.5 Å². The van der Waals surface area contributed by atoms with Gasteiger partial charge in [0.25, 0.3) is 5.91 Å². The first kappa shape index (κ1) is 42.2. The lowest BCUT2D eigenvalue weighted by atomic mass is 9.72. The average molecular weight is 741 g/mol. The molecule has 1 unspecified atom stereocenters. The van der Waals surface area contributed by atoms with E-state index in [0.717, 1.165) is 23.1 Å². The fourth-order valence-corrected chi connectivity index (χ4v) is 5.71. The molecule has 2 atom stereocenters. The molecule has 2 amide bonds. The van der Waals surface area contributed by atoms with Gasteiger partial charge >= 0.3 is 23.9 Å². The van der Waals surface area contributed by atoms with Crippen LogP contribution in [0.25, 0.3) is 0 Å². The van der Waals surface area contributed by atoms with Gasteiger partial charge in [0.15, 0.2) is 0 Å². The smallest absolute Gasteiger partial charge is 0.317 e. The number of nitrogens with one attached hydrogen (secondary N) is 2. The van der Waals surface area contributed by atoms with Crippen molar-refractivity contribution in [2.45, 2.75) is 39.0 Å². The highest BCUT2D eigenvalue weighted by molar-refractivity contribution is 5.81. The van der Waals surface area contributed by atoms with Gasteiger partial charge < -0.3 is 31.5 Å². The lowest BCUT2D eigenvalue weighted by Crippen LogP contribution is -2.47. The van der Waals surface area contributed by atoms with E-state index in [-0.39, 0.29) is 51.3 Å². The number of carboxylic acids is 4. The van der Waals surface area contributed by atoms with Crippen LogP contribution in [0.3, 0.4) is 0 Å². The Morgan fingerprint density at radius 2 is 1.32 bits per heavy atom. The number of nitrogens with two attached hydrogens (primary N) is 1. The number of carbonyl (C=O) groups excluding carboxylic acids is 2. The summed E-state index contributed by atoms with van der Waals surface area (Å²) in [6, 6.07) is 6.26. The summed E-state index contributed by atoms with van der Waals surface area (Å²) >= 11 is 0. The summed E-state index contributed by atoms with van der Waals surface area (Å²) in [5.74, 6) is -5.82. The molecule has 0 aliphatic heterocycles. The first-order valence-electron chi connectivity index (χ1n) is 16.9. The molecule has 53 heavy (non-hydrogen) atoms. The van der Waals surface area contributed by atoms with Crippen LogP contribution in [0.15, 0.2) is 71.9 Å². The van der Waals surface area contributed by atoms with Crippen molar-refractivity contribution < 1.29 is 54.0 Å². The number of aliphatic carboxylic acids is 4. The Kier molecular flexibility index (Phi) is 16.5. The van der Waals surface area contributed by atoms with Gasteiger partial charge in [-0.3, -0.25) is 48.3 Å². The van der Waals surface area contributed by atoms with Crippen molar-refractivity contribution in [3.63, 3.8) is 0 Å². The van der Waals surface area contributed by atoms with Crippen LogP contribution in [0.2, 0.25) is 0 Å². The van der Waals surface area contributed by atoms with E-state index in [1.165, 1.54) is 15.4 Å². The molecule has 0 fully saturated rings. The molecule has 17 nitrogen and oxygen atoms in total. The minimum atomic E-state index is -1.24. The molecule has 0 heterocycles. The van der Waals surface area contributed by atoms with Crippen LogP contribution in [0.5, 0.6) is 0 Å². The van der Waals surface area contributed by atoms with Gasteiger partial charge in [0.1, 0.15) is 0 Å². The molecule has 1 aromatic rings. The molecule has 0 bridgehead atoms. The summed E-state index contributed by atoms with van der Waals surface area (Å²) in [6.45, 7) is -0.0160. The number of benzene rings is 1. The minimum Gasteiger partial charge on any atom is -0.480 e. The Bertz CT molecular complexity index is 1530. The molecule has 0 saturated carbocycles. The molecule has 2 aliphatic rings. The lowest BCUT2D eigenvalue weighted by molar-refractivity contribution is -0.143. The Labute approximate surface area is 307 Å². The molecule has 0 saturated heterocycles. The second-order valence-corrected chi connectivity index (χ2v) is 13.1. The van der Waals surface area contributed by atoms with E-state index in [1.54, 1.807) is 29.2 Å². The number of carboxylic acid groups (broad SMARTS) is 4. The van der Waals surface area contributed by atoms with Gasteiger partial charge in [0, 0.05) is 38.1 Å². The third-order valence-electron chi connectivity index (χ3n) is 8.62. The first-order chi connectivity index (χ1) is 25.1. The highest BCUT2D eigenvalue weighted by Gasteiger charge is 2.29. The van der Waals surface area contributed by atoms with Crippen molar-refractivity contribution in [3.8, 4) is 0 Å². The van der Waals surface area contributed by atoms with E-state index in [4.69, 9.17) is 31.0 Å². The van der Waals surface area contributed by atoms with Gasteiger partial charge in [-0.15, -0.1) is 0 Å². The second-order valence-electron chi connectivity index (χ2n) is 13.1. The Balaban J connectivity index is 1.47. The normalized spacial score (nSPS) is 16.8. The molecular formula is C36H48N6O11. The summed E-state index contributed by atoms with van der Waals surface area (Å²) in [6.07, 6.45) is 13.6. The van der Waals surface area contributed by atoms with E-state index < -0.39 is 67.9 Å². The van der Waals surface area contributed by atoms with Crippen molar-refractivity contribution in [1.82, 2.24) is 25.5 Å². The number of allylic oxidation sites excluding steroid dienone is 7. The van der Waals surface area contributed by atoms with Crippen molar-refractivity contribution in [2.24, 2.45) is 11.1 Å². The average Bonchev–Trinajstić information content (AvgIpc) is 3.07. The molecule has 0 radical (unpaired) electrons. The number of amides is 2. The summed E-state index contributed by atoms with van der Waals surface area (Å²) in [5.41, 5.74) is 12.2. The summed E-state index contributed by atoms with van der Waals surface area (Å²) in [7, 11) is 0. The molecule has 1 aromatic carbocycles. The van der Waals surface area contributed by atoms with Crippen LogP contribution >= 0.6 is 0 Å². The van der Waals surface area contributed by atoms with Gasteiger partial charge in [-0.05, 0) is 35.1 Å². The van der Waals surface area contributed by atoms with E-state index >= 15 is 0 Å². The Morgan fingerprint density at radius 3 is 1.87 bits per heavy atom. The van der Waals surface area contributed by atoms with Crippen molar-refractivity contribution in [1.29, 1.82) is 0 Å². The lowest BCUT2D eigenvalue weighted by Gasteiger charge is -2.32. The molecule has 0 aromatic heterocycles. The van der Waals surface area contributed by atoms with E-state index in [9.17, 15) is 28.8 Å². The van der Waals surface area contributed by atoms with Crippen molar-refractivity contribution >= 4 is 35.7 Å². The molecule has 0 spiro atoms. The van der Waals surface area contributed by atoms with Gasteiger partial charge in [0.05, 0.1) is 45.4 Å². The van der Waals surface area contributed by atoms with Crippen LogP contribution in [-0.2, 0) is 46.8 Å². The number of rotatable bonds is 24. The number of fused-ring (bicyclic) bond motifs is 1. The standard InChI is InChI=1S/C36H48N6O11/c1-36-10-3-2-4-28(36)16-27(9-11-36)17-29(37)35(52)39-53-24-26-7-5-25(6-8-26)18-38-30(43)19-40(12-14-41(20-31(44)45)21-32(46)47)13-15-42(22-33(48)49)23-34(50)51/h2-10,16,29H,11-15,17-24,37H2,1H3,(H,38,43)(H,39,52)(H,44,45)(H,46,47)(H,48,49)(H,50,51)/t29-,36?/m1/s1. The zero-order valence-electron chi connectivity index (χ0n) is 29.6. The van der Waals surface area contributed by atoms with Gasteiger partial charge in [0.2, 0.25) is 5.91 Å². The van der Waals surface area contributed by atoms with Crippen LogP contribution in [-0.4, -0.2) is 136 Å². The summed E-state index contributed by atoms with van der Waals surface area (Å²) < 4.78 is 0. The number of carbonyl (C=O) groups is 6. The second kappa shape index (κ2) is 20.7. The van der Waals surface area contributed by atoms with Crippen LogP contribution in [0.1, 0.15) is 30.9 Å². The van der Waals surface area contributed by atoms with Crippen LogP contribution in [0.4, 0.5) is 0 Å². The van der Waals surface area contributed by atoms with Gasteiger partial charge in [-0.25, -0.2) is 5.48 Å². The monoisotopic (exact) mass is 740 g/mol. The number of hydrogen-bond donors (Lipinski definition) is 7. The molecule has 288 valence electrons.